The van der Waals surface area contributed by atoms with Gasteiger partial charge < -0.3 is 15.7 Å². The summed E-state index contributed by atoms with van der Waals surface area (Å²) >= 11 is 0. The summed E-state index contributed by atoms with van der Waals surface area (Å²) in [5.41, 5.74) is 8.68. The minimum atomic E-state index is -0.414. The zero-order chi connectivity index (χ0) is 22.3. The Morgan fingerprint density at radius 2 is 1.88 bits per heavy atom. The molecule has 0 atom stereocenters. The van der Waals surface area contributed by atoms with Crippen LogP contribution in [0.25, 0.3) is 22.3 Å². The van der Waals surface area contributed by atoms with Gasteiger partial charge in [-0.05, 0) is 55.3 Å². The largest absolute Gasteiger partial charge is 0.508 e. The third-order valence-corrected chi connectivity index (χ3v) is 5.87. The van der Waals surface area contributed by atoms with Gasteiger partial charge in [0.2, 0.25) is 5.91 Å². The molecule has 5 rings (SSSR count). The third kappa shape index (κ3) is 3.26. The maximum absolute atomic E-state index is 12.7. The van der Waals surface area contributed by atoms with E-state index < -0.39 is 5.54 Å². The minimum Gasteiger partial charge on any atom is -0.508 e. The molecule has 1 saturated carbocycles. The maximum Gasteiger partial charge on any atom is 0.250 e. The Hall–Kier alpha value is -4.20. The van der Waals surface area contributed by atoms with E-state index in [1.54, 1.807) is 29.2 Å². The second-order valence-corrected chi connectivity index (χ2v) is 7.95. The summed E-state index contributed by atoms with van der Waals surface area (Å²) in [4.78, 5) is 23.1. The summed E-state index contributed by atoms with van der Waals surface area (Å²) in [6.45, 7) is 4.10. The molecular weight excluding hydrogens is 404 g/mol. The van der Waals surface area contributed by atoms with Gasteiger partial charge in [0.25, 0.3) is 0 Å². The average Bonchev–Trinajstić information content (AvgIpc) is 3.49. The van der Waals surface area contributed by atoms with Crippen molar-refractivity contribution in [2.24, 2.45) is 0 Å². The highest BCUT2D eigenvalue weighted by molar-refractivity contribution is 6.01. The first-order chi connectivity index (χ1) is 15.5. The molecule has 1 fully saturated rings. The molecule has 1 aliphatic rings. The van der Waals surface area contributed by atoms with E-state index in [4.69, 9.17) is 10.8 Å². The molecule has 0 aliphatic heterocycles. The number of nitrogen functional groups attached to an aromatic ring is 1. The predicted octanol–water partition coefficient (Wildman–Crippen LogP) is 3.49. The van der Waals surface area contributed by atoms with Crippen molar-refractivity contribution in [2.75, 3.05) is 17.2 Å². The number of anilines is 2. The zero-order valence-electron chi connectivity index (χ0n) is 17.3. The van der Waals surface area contributed by atoms with Crippen molar-refractivity contribution in [2.45, 2.75) is 18.4 Å². The molecule has 2 aromatic heterocycles. The molecule has 3 N–H and O–H groups in total. The Labute approximate surface area is 184 Å². The molecule has 2 aromatic carbocycles. The number of hydrogen-bond donors (Lipinski definition) is 2. The second-order valence-electron chi connectivity index (χ2n) is 7.95. The van der Waals surface area contributed by atoms with Crippen LogP contribution in [0.3, 0.4) is 0 Å². The number of hydrogen-bond acceptors (Lipinski definition) is 6. The smallest absolute Gasteiger partial charge is 0.250 e. The first-order valence-corrected chi connectivity index (χ1v) is 10.3. The highest BCUT2D eigenvalue weighted by Gasteiger charge is 2.49. The van der Waals surface area contributed by atoms with E-state index in [0.29, 0.717) is 29.1 Å². The second kappa shape index (κ2) is 7.49. The van der Waals surface area contributed by atoms with Crippen LogP contribution >= 0.6 is 0 Å². The van der Waals surface area contributed by atoms with Gasteiger partial charge in [-0.15, -0.1) is 0 Å². The number of phenols is 1. The number of aromatic hydroxyl groups is 1. The van der Waals surface area contributed by atoms with Crippen LogP contribution in [0.5, 0.6) is 5.75 Å². The first-order valence-electron chi connectivity index (χ1n) is 10.3. The van der Waals surface area contributed by atoms with Crippen LogP contribution in [0.2, 0.25) is 0 Å². The first kappa shape index (κ1) is 19.7. The molecule has 1 amide bonds. The summed E-state index contributed by atoms with van der Waals surface area (Å²) in [7, 11) is 0. The standard InChI is InChI=1S/C24H22N6O2/c1-2-19(32)29(17-6-4-3-5-7-17)14-24(12-13-24)30-23-20(22(25)26-15-27-23)21(28-30)16-8-10-18(31)11-9-16/h2-11,15,31H,1,12-14H2,(H2,25,26,27). The van der Waals surface area contributed by atoms with Crippen molar-refractivity contribution in [3.8, 4) is 17.0 Å². The molecule has 8 nitrogen and oxygen atoms in total. The van der Waals surface area contributed by atoms with Crippen LogP contribution in [0.1, 0.15) is 12.8 Å². The van der Waals surface area contributed by atoms with E-state index in [9.17, 15) is 9.90 Å². The fraction of sp³-hybridized carbons (Fsp3) is 0.167. The molecule has 32 heavy (non-hydrogen) atoms. The predicted molar refractivity (Wildman–Crippen MR) is 123 cm³/mol. The van der Waals surface area contributed by atoms with Crippen molar-refractivity contribution < 1.29 is 9.90 Å². The number of carbonyl (C=O) groups is 1. The molecule has 0 radical (unpaired) electrons. The van der Waals surface area contributed by atoms with Gasteiger partial charge in [0, 0.05) is 11.3 Å². The molecule has 0 unspecified atom stereocenters. The van der Waals surface area contributed by atoms with E-state index in [1.165, 1.54) is 12.4 Å². The van der Waals surface area contributed by atoms with Gasteiger partial charge >= 0.3 is 0 Å². The average molecular weight is 426 g/mol. The number of amides is 1. The van der Waals surface area contributed by atoms with Crippen molar-refractivity contribution >= 4 is 28.4 Å². The lowest BCUT2D eigenvalue weighted by Gasteiger charge is -2.27. The lowest BCUT2D eigenvalue weighted by Crippen LogP contribution is -2.39. The summed E-state index contributed by atoms with van der Waals surface area (Å²) in [5.74, 6) is 0.329. The molecule has 4 aromatic rings. The minimum absolute atomic E-state index is 0.168. The monoisotopic (exact) mass is 426 g/mol. The van der Waals surface area contributed by atoms with E-state index in [2.05, 4.69) is 16.5 Å². The van der Waals surface area contributed by atoms with Crippen LogP contribution in [0, 0.1) is 0 Å². The Morgan fingerprint density at radius 3 is 2.53 bits per heavy atom. The van der Waals surface area contributed by atoms with Gasteiger partial charge in [-0.25, -0.2) is 14.6 Å². The van der Waals surface area contributed by atoms with E-state index in [-0.39, 0.29) is 11.7 Å². The van der Waals surface area contributed by atoms with Gasteiger partial charge in [0.1, 0.15) is 23.6 Å². The van der Waals surface area contributed by atoms with Crippen LogP contribution in [0.4, 0.5) is 11.5 Å². The zero-order valence-corrected chi connectivity index (χ0v) is 17.3. The number of benzene rings is 2. The molecule has 160 valence electrons. The highest BCUT2D eigenvalue weighted by atomic mass is 16.3. The summed E-state index contributed by atoms with van der Waals surface area (Å²) in [5, 5.41) is 15.2. The number of nitrogens with two attached hydrogens (primary N) is 1. The number of nitrogens with zero attached hydrogens (tertiary/aromatic N) is 5. The summed E-state index contributed by atoms with van der Waals surface area (Å²) < 4.78 is 1.88. The van der Waals surface area contributed by atoms with E-state index >= 15 is 0 Å². The van der Waals surface area contributed by atoms with Gasteiger partial charge in [0.15, 0.2) is 5.65 Å². The number of phenolic OH excluding ortho intramolecular Hbond substituents is 1. The van der Waals surface area contributed by atoms with E-state index in [0.717, 1.165) is 24.1 Å². The topological polar surface area (TPSA) is 110 Å². The van der Waals surface area contributed by atoms with E-state index in [1.807, 2.05) is 35.0 Å². The maximum atomic E-state index is 12.7. The third-order valence-electron chi connectivity index (χ3n) is 5.87. The Kier molecular flexibility index (Phi) is 4.62. The summed E-state index contributed by atoms with van der Waals surface area (Å²) in [6, 6.07) is 16.3. The lowest BCUT2D eigenvalue weighted by molar-refractivity contribution is -0.114. The van der Waals surface area contributed by atoms with Gasteiger partial charge in [-0.2, -0.15) is 5.10 Å². The molecule has 0 spiro atoms. The number of rotatable bonds is 6. The molecule has 1 aliphatic carbocycles. The lowest BCUT2D eigenvalue weighted by atomic mass is 10.1. The van der Waals surface area contributed by atoms with Crippen molar-refractivity contribution in [3.05, 3.63) is 73.6 Å². The number of fused-ring (bicyclic) bond motifs is 1. The molecule has 2 heterocycles. The Morgan fingerprint density at radius 1 is 1.16 bits per heavy atom. The number of carbonyl (C=O) groups excluding carboxylic acids is 1. The molecule has 0 saturated heterocycles. The van der Waals surface area contributed by atoms with Crippen molar-refractivity contribution in [3.63, 3.8) is 0 Å². The molecular formula is C24H22N6O2. The molecule has 8 heteroatoms. The SMILES string of the molecule is C=CC(=O)N(CC1(n2nc(-c3ccc(O)cc3)c3c(N)ncnc32)CC1)c1ccccc1. The van der Waals surface area contributed by atoms with Crippen molar-refractivity contribution in [1.29, 1.82) is 0 Å². The van der Waals surface area contributed by atoms with Crippen LogP contribution < -0.4 is 10.6 Å². The van der Waals surface area contributed by atoms with Crippen LogP contribution in [-0.2, 0) is 10.3 Å². The quantitative estimate of drug-likeness (QED) is 0.457. The highest BCUT2D eigenvalue weighted by Crippen LogP contribution is 2.47. The van der Waals surface area contributed by atoms with Crippen LogP contribution in [-0.4, -0.2) is 37.3 Å². The summed E-state index contributed by atoms with van der Waals surface area (Å²) in [6.07, 6.45) is 4.44. The fourth-order valence-electron chi connectivity index (χ4n) is 4.02. The Balaban J connectivity index is 1.63. The molecule has 0 bridgehead atoms. The normalized spacial score (nSPS) is 14.2. The fourth-order valence-corrected chi connectivity index (χ4v) is 4.02. The van der Waals surface area contributed by atoms with Gasteiger partial charge in [-0.1, -0.05) is 24.8 Å². The van der Waals surface area contributed by atoms with Crippen LogP contribution in [0.15, 0.2) is 73.6 Å². The number of aromatic nitrogens is 4. The van der Waals surface area contributed by atoms with Gasteiger partial charge in [-0.3, -0.25) is 4.79 Å². The number of para-hydroxylation sites is 1. The van der Waals surface area contributed by atoms with Gasteiger partial charge in [0.05, 0.1) is 17.5 Å². The van der Waals surface area contributed by atoms with Crippen molar-refractivity contribution in [1.82, 2.24) is 19.7 Å². The Bertz CT molecular complexity index is 1310.